The number of nitrogens with one attached hydrogen (secondary N) is 1. The lowest BCUT2D eigenvalue weighted by molar-refractivity contribution is 0.136. The number of rotatable bonds is 5. The maximum atomic E-state index is 10.1. The first-order valence-corrected chi connectivity index (χ1v) is 6.54. The zero-order valence-electron chi connectivity index (χ0n) is 11.1. The second-order valence-corrected chi connectivity index (χ2v) is 4.80. The fraction of sp³-hybridized carbons (Fsp3) is 0.267. The number of hydrogen-bond acceptors (Lipinski definition) is 5. The molecule has 3 aromatic rings. The summed E-state index contributed by atoms with van der Waals surface area (Å²) in [5, 5.41) is 14.3. The normalized spacial score (nSPS) is 14.3. The van der Waals surface area contributed by atoms with Gasteiger partial charge in [-0.15, -0.1) is 0 Å². The highest BCUT2D eigenvalue weighted by atomic mass is 16.4. The van der Waals surface area contributed by atoms with E-state index in [-0.39, 0.29) is 6.04 Å². The molecule has 0 aliphatic rings. The smallest absolute Gasteiger partial charge is 0.139 e. The molecule has 0 amide bonds. The molecule has 2 atom stereocenters. The van der Waals surface area contributed by atoms with Crippen LogP contribution in [0.3, 0.4) is 0 Å². The van der Waals surface area contributed by atoms with Gasteiger partial charge in [0.2, 0.25) is 0 Å². The van der Waals surface area contributed by atoms with E-state index in [2.05, 4.69) is 10.3 Å². The minimum absolute atomic E-state index is 0.0445. The van der Waals surface area contributed by atoms with Crippen molar-refractivity contribution in [2.75, 3.05) is 5.32 Å². The molecule has 0 aromatic carbocycles. The molecule has 20 heavy (non-hydrogen) atoms. The number of nitrogens with zero attached hydrogens (tertiary/aromatic N) is 1. The van der Waals surface area contributed by atoms with Crippen LogP contribution >= 0.6 is 0 Å². The lowest BCUT2D eigenvalue weighted by atomic mass is 10.1. The SMILES string of the molecule is C[C@@H](C[C@H](O)c1ccco1)Nc1nccc2occc12. The Morgan fingerprint density at radius 3 is 2.95 bits per heavy atom. The molecule has 104 valence electrons. The van der Waals surface area contributed by atoms with Gasteiger partial charge >= 0.3 is 0 Å². The third-order valence-electron chi connectivity index (χ3n) is 3.21. The van der Waals surface area contributed by atoms with Gasteiger partial charge in [0, 0.05) is 18.7 Å². The molecule has 5 nitrogen and oxygen atoms in total. The molecule has 2 N–H and O–H groups in total. The van der Waals surface area contributed by atoms with E-state index in [1.165, 1.54) is 0 Å². The summed E-state index contributed by atoms with van der Waals surface area (Å²) in [6.07, 6.45) is 4.80. The van der Waals surface area contributed by atoms with Crippen LogP contribution in [0.5, 0.6) is 0 Å². The van der Waals surface area contributed by atoms with Crippen molar-refractivity contribution >= 4 is 16.8 Å². The van der Waals surface area contributed by atoms with Crippen LogP contribution in [0.15, 0.2) is 51.8 Å². The second kappa shape index (κ2) is 5.38. The van der Waals surface area contributed by atoms with Crippen LogP contribution in [0.2, 0.25) is 0 Å². The largest absolute Gasteiger partial charge is 0.467 e. The van der Waals surface area contributed by atoms with Crippen molar-refractivity contribution in [2.45, 2.75) is 25.5 Å². The summed E-state index contributed by atoms with van der Waals surface area (Å²) >= 11 is 0. The van der Waals surface area contributed by atoms with E-state index in [0.29, 0.717) is 12.2 Å². The number of pyridine rings is 1. The quantitative estimate of drug-likeness (QED) is 0.745. The van der Waals surface area contributed by atoms with Crippen molar-refractivity contribution in [1.29, 1.82) is 0 Å². The zero-order chi connectivity index (χ0) is 13.9. The highest BCUT2D eigenvalue weighted by molar-refractivity contribution is 5.87. The van der Waals surface area contributed by atoms with Gasteiger partial charge in [-0.25, -0.2) is 4.98 Å². The lowest BCUT2D eigenvalue weighted by Crippen LogP contribution is -2.19. The summed E-state index contributed by atoms with van der Waals surface area (Å²) in [6.45, 7) is 1.99. The molecule has 3 heterocycles. The first-order chi connectivity index (χ1) is 9.74. The average molecular weight is 272 g/mol. The Kier molecular flexibility index (Phi) is 3.43. The van der Waals surface area contributed by atoms with Crippen LogP contribution in [-0.2, 0) is 0 Å². The van der Waals surface area contributed by atoms with E-state index in [1.807, 2.05) is 19.1 Å². The monoisotopic (exact) mass is 272 g/mol. The molecular formula is C15H16N2O3. The summed E-state index contributed by atoms with van der Waals surface area (Å²) in [7, 11) is 0. The predicted octanol–water partition coefficient (Wildman–Crippen LogP) is 3.34. The van der Waals surface area contributed by atoms with Crippen molar-refractivity contribution in [3.05, 3.63) is 48.7 Å². The van der Waals surface area contributed by atoms with Gasteiger partial charge in [0.1, 0.15) is 23.3 Å². The van der Waals surface area contributed by atoms with Gasteiger partial charge in [-0.05, 0) is 31.2 Å². The van der Waals surface area contributed by atoms with Crippen molar-refractivity contribution in [3.63, 3.8) is 0 Å². The van der Waals surface area contributed by atoms with Crippen molar-refractivity contribution < 1.29 is 13.9 Å². The lowest BCUT2D eigenvalue weighted by Gasteiger charge is -2.17. The summed E-state index contributed by atoms with van der Waals surface area (Å²) < 4.78 is 10.5. The van der Waals surface area contributed by atoms with Crippen molar-refractivity contribution in [3.8, 4) is 0 Å². The highest BCUT2D eigenvalue weighted by Crippen LogP contribution is 2.24. The number of aliphatic hydroxyl groups excluding tert-OH is 1. The molecule has 0 bridgehead atoms. The van der Waals surface area contributed by atoms with Gasteiger partial charge in [-0.2, -0.15) is 0 Å². The minimum Gasteiger partial charge on any atom is -0.467 e. The minimum atomic E-state index is -0.629. The third-order valence-corrected chi connectivity index (χ3v) is 3.21. The molecule has 3 aromatic heterocycles. The number of aliphatic hydroxyl groups is 1. The molecular weight excluding hydrogens is 256 g/mol. The van der Waals surface area contributed by atoms with E-state index in [1.54, 1.807) is 30.9 Å². The summed E-state index contributed by atoms with van der Waals surface area (Å²) in [5.41, 5.74) is 0.793. The van der Waals surface area contributed by atoms with Gasteiger partial charge in [-0.1, -0.05) is 0 Å². The van der Waals surface area contributed by atoms with E-state index in [0.717, 1.165) is 16.8 Å². The van der Waals surface area contributed by atoms with Gasteiger partial charge in [-0.3, -0.25) is 0 Å². The Morgan fingerprint density at radius 1 is 1.25 bits per heavy atom. The molecule has 0 saturated carbocycles. The molecule has 0 spiro atoms. The molecule has 0 fully saturated rings. The molecule has 3 rings (SSSR count). The van der Waals surface area contributed by atoms with Crippen LogP contribution in [0, 0.1) is 0 Å². The van der Waals surface area contributed by atoms with Crippen LogP contribution in [0.25, 0.3) is 11.0 Å². The maximum absolute atomic E-state index is 10.1. The molecule has 0 aliphatic heterocycles. The number of fused-ring (bicyclic) bond motifs is 1. The number of anilines is 1. The van der Waals surface area contributed by atoms with Crippen LogP contribution in [-0.4, -0.2) is 16.1 Å². The first kappa shape index (κ1) is 12.7. The average Bonchev–Trinajstić information content (AvgIpc) is 3.10. The Morgan fingerprint density at radius 2 is 2.15 bits per heavy atom. The predicted molar refractivity (Wildman–Crippen MR) is 75.4 cm³/mol. The first-order valence-electron chi connectivity index (χ1n) is 6.54. The Labute approximate surface area is 116 Å². The standard InChI is InChI=1S/C15H16N2O3/c1-10(9-12(18)14-3-2-7-19-14)17-15-11-5-8-20-13(11)4-6-16-15/h2-8,10,12,18H,9H2,1H3,(H,16,17)/t10-,12-/m0/s1. The molecule has 0 radical (unpaired) electrons. The van der Waals surface area contributed by atoms with Gasteiger partial charge in [0.25, 0.3) is 0 Å². The fourth-order valence-corrected chi connectivity index (χ4v) is 2.23. The molecule has 5 heteroatoms. The van der Waals surface area contributed by atoms with Crippen LogP contribution < -0.4 is 5.32 Å². The van der Waals surface area contributed by atoms with Crippen LogP contribution in [0.1, 0.15) is 25.2 Å². The number of aromatic nitrogens is 1. The summed E-state index contributed by atoms with van der Waals surface area (Å²) in [6, 6.07) is 7.28. The van der Waals surface area contributed by atoms with Gasteiger partial charge < -0.3 is 19.3 Å². The number of furan rings is 2. The molecule has 0 saturated heterocycles. The second-order valence-electron chi connectivity index (χ2n) is 4.80. The van der Waals surface area contributed by atoms with E-state index in [9.17, 15) is 5.11 Å². The van der Waals surface area contributed by atoms with E-state index >= 15 is 0 Å². The number of hydrogen-bond donors (Lipinski definition) is 2. The summed E-state index contributed by atoms with van der Waals surface area (Å²) in [5.74, 6) is 1.34. The maximum Gasteiger partial charge on any atom is 0.139 e. The fourth-order valence-electron chi connectivity index (χ4n) is 2.23. The topological polar surface area (TPSA) is 71.4 Å². The van der Waals surface area contributed by atoms with Crippen molar-refractivity contribution in [2.24, 2.45) is 0 Å². The Bertz CT molecular complexity index is 675. The molecule has 0 aliphatic carbocycles. The van der Waals surface area contributed by atoms with Gasteiger partial charge in [0.05, 0.1) is 17.9 Å². The Balaban J connectivity index is 1.70. The molecule has 0 unspecified atom stereocenters. The van der Waals surface area contributed by atoms with E-state index in [4.69, 9.17) is 8.83 Å². The Hall–Kier alpha value is -2.27. The van der Waals surface area contributed by atoms with Crippen LogP contribution in [0.4, 0.5) is 5.82 Å². The van der Waals surface area contributed by atoms with E-state index < -0.39 is 6.10 Å². The third kappa shape index (κ3) is 2.53. The van der Waals surface area contributed by atoms with Crippen molar-refractivity contribution in [1.82, 2.24) is 4.98 Å². The summed E-state index contributed by atoms with van der Waals surface area (Å²) in [4.78, 5) is 4.31. The highest BCUT2D eigenvalue weighted by Gasteiger charge is 2.16. The zero-order valence-corrected chi connectivity index (χ0v) is 11.1. The van der Waals surface area contributed by atoms with Gasteiger partial charge in [0.15, 0.2) is 0 Å².